The molecule has 0 saturated carbocycles. The summed E-state index contributed by atoms with van der Waals surface area (Å²) in [6.45, 7) is 4.09. The summed E-state index contributed by atoms with van der Waals surface area (Å²) in [5.41, 5.74) is 2.28. The van der Waals surface area contributed by atoms with Crippen molar-refractivity contribution in [2.75, 3.05) is 0 Å². The van der Waals surface area contributed by atoms with E-state index in [1.54, 1.807) is 12.1 Å². The SMILES string of the molecule is CCCCCc1noc2cc(CC)c(F)cc12. The first-order valence-electron chi connectivity index (χ1n) is 6.33. The molecule has 0 unspecified atom stereocenters. The van der Waals surface area contributed by atoms with Crippen LogP contribution in [-0.2, 0) is 12.8 Å². The number of aryl methyl sites for hydroxylation is 2. The van der Waals surface area contributed by atoms with Gasteiger partial charge >= 0.3 is 0 Å². The Morgan fingerprint density at radius 3 is 2.76 bits per heavy atom. The maximum atomic E-state index is 13.7. The molecule has 0 saturated heterocycles. The number of hydrogen-bond donors (Lipinski definition) is 0. The summed E-state index contributed by atoms with van der Waals surface area (Å²) < 4.78 is 19.0. The molecule has 0 atom stereocenters. The molecule has 1 aromatic heterocycles. The molecule has 2 rings (SSSR count). The van der Waals surface area contributed by atoms with Crippen LogP contribution in [0.2, 0.25) is 0 Å². The van der Waals surface area contributed by atoms with Gasteiger partial charge in [0.25, 0.3) is 0 Å². The molecule has 0 bridgehead atoms. The van der Waals surface area contributed by atoms with E-state index in [9.17, 15) is 4.39 Å². The average molecular weight is 235 g/mol. The van der Waals surface area contributed by atoms with Crippen LogP contribution in [0.5, 0.6) is 0 Å². The minimum Gasteiger partial charge on any atom is -0.356 e. The van der Waals surface area contributed by atoms with Crippen LogP contribution in [0, 0.1) is 5.82 Å². The Morgan fingerprint density at radius 2 is 2.06 bits per heavy atom. The van der Waals surface area contributed by atoms with Crippen LogP contribution in [0.3, 0.4) is 0 Å². The molecule has 0 fully saturated rings. The Labute approximate surface area is 101 Å². The van der Waals surface area contributed by atoms with Gasteiger partial charge < -0.3 is 4.52 Å². The predicted octanol–water partition coefficient (Wildman–Crippen LogP) is 4.26. The lowest BCUT2D eigenvalue weighted by Gasteiger charge is -1.99. The van der Waals surface area contributed by atoms with E-state index in [0.29, 0.717) is 17.6 Å². The summed E-state index contributed by atoms with van der Waals surface area (Å²) in [5.74, 6) is -0.153. The summed E-state index contributed by atoms with van der Waals surface area (Å²) in [6, 6.07) is 3.33. The van der Waals surface area contributed by atoms with Gasteiger partial charge in [-0.1, -0.05) is 31.8 Å². The number of rotatable bonds is 5. The number of benzene rings is 1. The van der Waals surface area contributed by atoms with Gasteiger partial charge in [0.1, 0.15) is 5.82 Å². The van der Waals surface area contributed by atoms with Crippen molar-refractivity contribution in [3.8, 4) is 0 Å². The van der Waals surface area contributed by atoms with E-state index < -0.39 is 0 Å². The van der Waals surface area contributed by atoms with Gasteiger partial charge in [0.2, 0.25) is 0 Å². The molecule has 17 heavy (non-hydrogen) atoms. The molecule has 0 aliphatic heterocycles. The van der Waals surface area contributed by atoms with E-state index in [0.717, 1.165) is 23.9 Å². The summed E-state index contributed by atoms with van der Waals surface area (Å²) in [7, 11) is 0. The van der Waals surface area contributed by atoms with Crippen molar-refractivity contribution < 1.29 is 8.91 Å². The van der Waals surface area contributed by atoms with Gasteiger partial charge in [0.15, 0.2) is 5.58 Å². The molecule has 1 aromatic carbocycles. The van der Waals surface area contributed by atoms with Gasteiger partial charge in [-0.2, -0.15) is 0 Å². The normalized spacial score (nSPS) is 11.2. The first-order valence-corrected chi connectivity index (χ1v) is 6.33. The largest absolute Gasteiger partial charge is 0.356 e. The zero-order valence-corrected chi connectivity index (χ0v) is 10.4. The highest BCUT2D eigenvalue weighted by atomic mass is 19.1. The van der Waals surface area contributed by atoms with Crippen LogP contribution >= 0.6 is 0 Å². The number of hydrogen-bond acceptors (Lipinski definition) is 2. The van der Waals surface area contributed by atoms with Crippen molar-refractivity contribution in [1.29, 1.82) is 0 Å². The van der Waals surface area contributed by atoms with Gasteiger partial charge in [0.05, 0.1) is 5.69 Å². The maximum absolute atomic E-state index is 13.7. The highest BCUT2D eigenvalue weighted by Gasteiger charge is 2.11. The molecule has 0 N–H and O–H groups in total. The minimum absolute atomic E-state index is 0.153. The van der Waals surface area contributed by atoms with Crippen LogP contribution in [0.4, 0.5) is 4.39 Å². The van der Waals surface area contributed by atoms with Crippen LogP contribution in [0.25, 0.3) is 11.0 Å². The third-order valence-corrected chi connectivity index (χ3v) is 3.11. The van der Waals surface area contributed by atoms with Gasteiger partial charge in [-0.3, -0.25) is 0 Å². The van der Waals surface area contributed by atoms with Crippen LogP contribution in [0.1, 0.15) is 44.4 Å². The van der Waals surface area contributed by atoms with E-state index in [4.69, 9.17) is 4.52 Å². The lowest BCUT2D eigenvalue weighted by molar-refractivity contribution is 0.443. The second-order valence-electron chi connectivity index (χ2n) is 4.38. The maximum Gasteiger partial charge on any atom is 0.167 e. The monoisotopic (exact) mass is 235 g/mol. The van der Waals surface area contributed by atoms with E-state index >= 15 is 0 Å². The fraction of sp³-hybridized carbons (Fsp3) is 0.500. The lowest BCUT2D eigenvalue weighted by Crippen LogP contribution is -1.89. The molecule has 0 aliphatic carbocycles. The number of unbranched alkanes of at least 4 members (excludes halogenated alkanes) is 2. The number of halogens is 1. The van der Waals surface area contributed by atoms with Crippen molar-refractivity contribution in [3.05, 3.63) is 29.2 Å². The van der Waals surface area contributed by atoms with E-state index in [1.807, 2.05) is 6.92 Å². The molecule has 3 heteroatoms. The minimum atomic E-state index is -0.153. The molecule has 0 amide bonds. The van der Waals surface area contributed by atoms with Gasteiger partial charge in [-0.25, -0.2) is 4.39 Å². The Kier molecular flexibility index (Phi) is 3.77. The molecule has 0 aliphatic rings. The number of aromatic nitrogens is 1. The summed E-state index contributed by atoms with van der Waals surface area (Å²) in [5, 5.41) is 4.87. The highest BCUT2D eigenvalue weighted by molar-refractivity contribution is 5.80. The molecule has 0 radical (unpaired) electrons. The standard InChI is InChI=1S/C14H18FNO/c1-3-5-6-7-13-11-9-12(15)10(4-2)8-14(11)17-16-13/h8-9H,3-7H2,1-2H3. The quantitative estimate of drug-likeness (QED) is 0.723. The Bertz CT molecular complexity index is 504. The predicted molar refractivity (Wildman–Crippen MR) is 66.6 cm³/mol. The smallest absolute Gasteiger partial charge is 0.167 e. The third-order valence-electron chi connectivity index (χ3n) is 3.11. The van der Waals surface area contributed by atoms with E-state index in [2.05, 4.69) is 12.1 Å². The zero-order valence-electron chi connectivity index (χ0n) is 10.4. The highest BCUT2D eigenvalue weighted by Crippen LogP contribution is 2.24. The fourth-order valence-corrected chi connectivity index (χ4v) is 2.04. The first-order chi connectivity index (χ1) is 8.26. The van der Waals surface area contributed by atoms with Crippen molar-refractivity contribution in [2.24, 2.45) is 0 Å². The van der Waals surface area contributed by atoms with Crippen molar-refractivity contribution >= 4 is 11.0 Å². The Balaban J connectivity index is 2.30. The topological polar surface area (TPSA) is 26.0 Å². The van der Waals surface area contributed by atoms with Crippen LogP contribution < -0.4 is 0 Å². The molecular weight excluding hydrogens is 217 g/mol. The lowest BCUT2D eigenvalue weighted by atomic mass is 10.1. The molecule has 0 spiro atoms. The van der Waals surface area contributed by atoms with Crippen molar-refractivity contribution in [1.82, 2.24) is 5.16 Å². The first kappa shape index (κ1) is 12.1. The van der Waals surface area contributed by atoms with Crippen LogP contribution in [0.15, 0.2) is 16.7 Å². The molecular formula is C14H18FNO. The van der Waals surface area contributed by atoms with Crippen LogP contribution in [-0.4, -0.2) is 5.16 Å². The van der Waals surface area contributed by atoms with E-state index in [1.165, 1.54) is 12.8 Å². The third kappa shape index (κ3) is 2.48. The molecule has 92 valence electrons. The molecule has 2 aromatic rings. The zero-order chi connectivity index (χ0) is 12.3. The van der Waals surface area contributed by atoms with Gasteiger partial charge in [-0.05, 0) is 37.0 Å². The summed E-state index contributed by atoms with van der Waals surface area (Å²) >= 11 is 0. The Morgan fingerprint density at radius 1 is 1.24 bits per heavy atom. The van der Waals surface area contributed by atoms with E-state index in [-0.39, 0.29) is 5.82 Å². The molecule has 1 heterocycles. The molecule has 2 nitrogen and oxygen atoms in total. The summed E-state index contributed by atoms with van der Waals surface area (Å²) in [4.78, 5) is 0. The fourth-order valence-electron chi connectivity index (χ4n) is 2.04. The average Bonchev–Trinajstić information content (AvgIpc) is 2.71. The number of fused-ring (bicyclic) bond motifs is 1. The second-order valence-corrected chi connectivity index (χ2v) is 4.38. The second kappa shape index (κ2) is 5.30. The van der Waals surface area contributed by atoms with Gasteiger partial charge in [-0.15, -0.1) is 0 Å². The van der Waals surface area contributed by atoms with Crippen molar-refractivity contribution in [3.63, 3.8) is 0 Å². The van der Waals surface area contributed by atoms with Crippen molar-refractivity contribution in [2.45, 2.75) is 46.0 Å². The Hall–Kier alpha value is -1.38. The summed E-state index contributed by atoms with van der Waals surface area (Å²) in [6.07, 6.45) is 4.96. The number of nitrogens with zero attached hydrogens (tertiary/aromatic N) is 1. The van der Waals surface area contributed by atoms with Gasteiger partial charge in [0, 0.05) is 5.39 Å².